The number of hydrogen-bond donors (Lipinski definition) is 1. The lowest BCUT2D eigenvalue weighted by Crippen LogP contribution is -2.43. The second-order valence-corrected chi connectivity index (χ2v) is 3.96. The quantitative estimate of drug-likeness (QED) is 0.663. The molecule has 3 heteroatoms. The lowest BCUT2D eigenvalue weighted by molar-refractivity contribution is -0.0934. The molecule has 1 unspecified atom stereocenters. The average molecular weight is 201 g/mol. The van der Waals surface area contributed by atoms with Gasteiger partial charge in [-0.1, -0.05) is 19.8 Å². The minimum absolute atomic E-state index is 0.0538. The van der Waals surface area contributed by atoms with Crippen LogP contribution in [0.1, 0.15) is 39.0 Å². The van der Waals surface area contributed by atoms with E-state index in [-0.39, 0.29) is 12.8 Å². The average Bonchev–Trinajstić information content (AvgIpc) is 2.26. The molecule has 0 spiro atoms. The summed E-state index contributed by atoms with van der Waals surface area (Å²) in [5, 5.41) is 9.21. The highest BCUT2D eigenvalue weighted by molar-refractivity contribution is 4.67. The molecule has 0 aromatic carbocycles. The van der Waals surface area contributed by atoms with E-state index in [4.69, 9.17) is 4.74 Å². The zero-order chi connectivity index (χ0) is 10.2. The monoisotopic (exact) mass is 201 g/mol. The summed E-state index contributed by atoms with van der Waals surface area (Å²) in [5.74, 6) is 0. The zero-order valence-electron chi connectivity index (χ0n) is 9.24. The molecule has 1 saturated heterocycles. The van der Waals surface area contributed by atoms with Crippen molar-refractivity contribution in [2.45, 2.75) is 45.3 Å². The van der Waals surface area contributed by atoms with Gasteiger partial charge >= 0.3 is 0 Å². The maximum Gasteiger partial charge on any atom is 0.133 e. The van der Waals surface area contributed by atoms with E-state index in [1.807, 2.05) is 0 Å². The van der Waals surface area contributed by atoms with Gasteiger partial charge < -0.3 is 9.84 Å². The van der Waals surface area contributed by atoms with Gasteiger partial charge in [0.05, 0.1) is 6.61 Å². The van der Waals surface area contributed by atoms with E-state index in [2.05, 4.69) is 11.8 Å². The van der Waals surface area contributed by atoms with Gasteiger partial charge in [-0.05, 0) is 19.3 Å². The van der Waals surface area contributed by atoms with E-state index >= 15 is 0 Å². The molecule has 1 aliphatic rings. The van der Waals surface area contributed by atoms with E-state index in [9.17, 15) is 5.11 Å². The van der Waals surface area contributed by atoms with E-state index in [1.165, 1.54) is 19.3 Å². The Morgan fingerprint density at radius 1 is 1.29 bits per heavy atom. The summed E-state index contributed by atoms with van der Waals surface area (Å²) >= 11 is 0. The Bertz CT molecular complexity index is 135. The highest BCUT2D eigenvalue weighted by atomic mass is 16.5. The summed E-state index contributed by atoms with van der Waals surface area (Å²) in [6, 6.07) is 0. The van der Waals surface area contributed by atoms with Gasteiger partial charge in [0.2, 0.25) is 0 Å². The molecule has 0 saturated carbocycles. The summed E-state index contributed by atoms with van der Waals surface area (Å²) in [6.45, 7) is 5.22. The lowest BCUT2D eigenvalue weighted by Gasteiger charge is -2.33. The summed E-state index contributed by atoms with van der Waals surface area (Å²) in [7, 11) is 0. The van der Waals surface area contributed by atoms with E-state index in [1.54, 1.807) is 0 Å². The first-order chi connectivity index (χ1) is 6.88. The molecule has 0 aromatic rings. The Morgan fingerprint density at radius 2 is 2.00 bits per heavy atom. The third-order valence-corrected chi connectivity index (χ3v) is 2.76. The molecule has 1 heterocycles. The van der Waals surface area contributed by atoms with Gasteiger partial charge in [-0.15, -0.1) is 0 Å². The zero-order valence-corrected chi connectivity index (χ0v) is 9.24. The normalized spacial score (nSPS) is 21.0. The van der Waals surface area contributed by atoms with Gasteiger partial charge in [-0.3, -0.25) is 4.90 Å². The Hall–Kier alpha value is -0.120. The van der Waals surface area contributed by atoms with Crippen LogP contribution in [0.15, 0.2) is 0 Å². The smallest absolute Gasteiger partial charge is 0.133 e. The first-order valence-electron chi connectivity index (χ1n) is 5.85. The highest BCUT2D eigenvalue weighted by Gasteiger charge is 2.19. The predicted molar refractivity (Wildman–Crippen MR) is 57.2 cm³/mol. The van der Waals surface area contributed by atoms with Crippen molar-refractivity contribution in [2.24, 2.45) is 0 Å². The number of hydrogen-bond acceptors (Lipinski definition) is 3. The summed E-state index contributed by atoms with van der Waals surface area (Å²) < 4.78 is 5.65. The van der Waals surface area contributed by atoms with Crippen molar-refractivity contribution in [3.05, 3.63) is 0 Å². The second kappa shape index (κ2) is 7.21. The minimum Gasteiger partial charge on any atom is -0.392 e. The van der Waals surface area contributed by atoms with Crippen molar-refractivity contribution in [1.82, 2.24) is 4.90 Å². The van der Waals surface area contributed by atoms with Crippen LogP contribution in [0.2, 0.25) is 0 Å². The van der Waals surface area contributed by atoms with E-state index < -0.39 is 0 Å². The fourth-order valence-corrected chi connectivity index (χ4v) is 1.84. The van der Waals surface area contributed by atoms with Gasteiger partial charge in [0.25, 0.3) is 0 Å². The largest absolute Gasteiger partial charge is 0.392 e. The van der Waals surface area contributed by atoms with E-state index in [0.29, 0.717) is 0 Å². The molecular formula is C11H23NO2. The molecule has 0 bridgehead atoms. The third kappa shape index (κ3) is 3.95. The second-order valence-electron chi connectivity index (χ2n) is 3.96. The minimum atomic E-state index is -0.0538. The summed E-state index contributed by atoms with van der Waals surface area (Å²) in [5.41, 5.74) is 0. The molecule has 1 N–H and O–H groups in total. The number of likely N-dealkylation sites (tertiary alicyclic amines) is 1. The van der Waals surface area contributed by atoms with Crippen LogP contribution < -0.4 is 0 Å². The van der Waals surface area contributed by atoms with Gasteiger partial charge in [-0.25, -0.2) is 0 Å². The molecule has 0 amide bonds. The third-order valence-electron chi connectivity index (χ3n) is 2.76. The summed E-state index contributed by atoms with van der Waals surface area (Å²) in [6.07, 6.45) is 6.00. The SMILES string of the molecule is CCCCOC(CO)N1CCCCC1. The maximum absolute atomic E-state index is 9.21. The molecule has 1 atom stereocenters. The lowest BCUT2D eigenvalue weighted by atomic mass is 10.1. The summed E-state index contributed by atoms with van der Waals surface area (Å²) in [4.78, 5) is 2.26. The molecular weight excluding hydrogens is 178 g/mol. The van der Waals surface area contributed by atoms with Gasteiger partial charge in [-0.2, -0.15) is 0 Å². The van der Waals surface area contributed by atoms with Crippen molar-refractivity contribution in [2.75, 3.05) is 26.3 Å². The first-order valence-corrected chi connectivity index (χ1v) is 5.85. The van der Waals surface area contributed by atoms with Crippen molar-refractivity contribution in [3.8, 4) is 0 Å². The molecule has 0 aromatic heterocycles. The molecule has 14 heavy (non-hydrogen) atoms. The Morgan fingerprint density at radius 3 is 2.57 bits per heavy atom. The maximum atomic E-state index is 9.21. The molecule has 0 radical (unpaired) electrons. The standard InChI is InChI=1S/C11H23NO2/c1-2-3-9-14-11(10-13)12-7-5-4-6-8-12/h11,13H,2-10H2,1H3. The van der Waals surface area contributed by atoms with Crippen LogP contribution in [-0.2, 0) is 4.74 Å². The molecule has 1 rings (SSSR count). The van der Waals surface area contributed by atoms with Crippen LogP contribution in [0.25, 0.3) is 0 Å². The van der Waals surface area contributed by atoms with Crippen LogP contribution in [-0.4, -0.2) is 42.5 Å². The number of unbranched alkanes of at least 4 members (excludes halogenated alkanes) is 1. The highest BCUT2D eigenvalue weighted by Crippen LogP contribution is 2.13. The van der Waals surface area contributed by atoms with E-state index in [0.717, 1.165) is 32.5 Å². The molecule has 1 fully saturated rings. The van der Waals surface area contributed by atoms with Gasteiger partial charge in [0.15, 0.2) is 0 Å². The Kier molecular flexibility index (Phi) is 6.15. The number of aliphatic hydroxyl groups excluding tert-OH is 1. The number of nitrogens with zero attached hydrogens (tertiary/aromatic N) is 1. The van der Waals surface area contributed by atoms with Gasteiger partial charge in [0.1, 0.15) is 6.23 Å². The number of piperidine rings is 1. The number of rotatable bonds is 6. The van der Waals surface area contributed by atoms with Crippen LogP contribution in [0, 0.1) is 0 Å². The first kappa shape index (κ1) is 12.0. The topological polar surface area (TPSA) is 32.7 Å². The van der Waals surface area contributed by atoms with Crippen molar-refractivity contribution >= 4 is 0 Å². The van der Waals surface area contributed by atoms with Crippen LogP contribution in [0.5, 0.6) is 0 Å². The van der Waals surface area contributed by atoms with Gasteiger partial charge in [0, 0.05) is 19.7 Å². The van der Waals surface area contributed by atoms with Crippen LogP contribution >= 0.6 is 0 Å². The van der Waals surface area contributed by atoms with Crippen molar-refractivity contribution in [3.63, 3.8) is 0 Å². The van der Waals surface area contributed by atoms with Crippen molar-refractivity contribution < 1.29 is 9.84 Å². The molecule has 84 valence electrons. The number of ether oxygens (including phenoxy) is 1. The molecule has 0 aliphatic carbocycles. The molecule has 3 nitrogen and oxygen atoms in total. The molecule has 1 aliphatic heterocycles. The van der Waals surface area contributed by atoms with Crippen molar-refractivity contribution in [1.29, 1.82) is 0 Å². The predicted octanol–water partition coefficient (Wildman–Crippen LogP) is 1.61. The fraction of sp³-hybridized carbons (Fsp3) is 1.00. The fourth-order valence-electron chi connectivity index (χ4n) is 1.84. The Labute approximate surface area is 87.1 Å². The Balaban J connectivity index is 2.21. The van der Waals surface area contributed by atoms with Crippen LogP contribution in [0.4, 0.5) is 0 Å². The van der Waals surface area contributed by atoms with Crippen LogP contribution in [0.3, 0.4) is 0 Å². The number of aliphatic hydroxyl groups is 1.